The van der Waals surface area contributed by atoms with Gasteiger partial charge >= 0.3 is 6.03 Å². The van der Waals surface area contributed by atoms with Gasteiger partial charge in [-0.2, -0.15) is 0 Å². The van der Waals surface area contributed by atoms with Crippen LogP contribution in [0.1, 0.15) is 10.6 Å². The summed E-state index contributed by atoms with van der Waals surface area (Å²) < 4.78 is 0.997. The number of carbonyl (C=O) groups excluding carboxylic acids is 1. The maximum atomic E-state index is 11.8. The molecule has 2 N–H and O–H groups in total. The lowest BCUT2D eigenvalue weighted by molar-refractivity contribution is 0.262. The first-order chi connectivity index (χ1) is 8.56. The number of anilines is 2. The highest BCUT2D eigenvalue weighted by Gasteiger charge is 2.08. The molecule has 0 aliphatic heterocycles. The lowest BCUT2D eigenvalue weighted by Gasteiger charge is -2.06. The number of aromatic nitrogens is 1. The van der Waals surface area contributed by atoms with E-state index < -0.39 is 0 Å². The number of nitrogens with zero attached hydrogens (tertiary/aromatic N) is 1. The Morgan fingerprint density at radius 1 is 1.28 bits per heavy atom. The summed E-state index contributed by atoms with van der Waals surface area (Å²) in [5.41, 5.74) is 1.74. The van der Waals surface area contributed by atoms with Gasteiger partial charge in [-0.1, -0.05) is 12.1 Å². The number of nitrogens with one attached hydrogen (secondary N) is 2. The highest BCUT2D eigenvalue weighted by molar-refractivity contribution is 14.1. The Bertz CT molecular complexity index is 563. The van der Waals surface area contributed by atoms with Crippen molar-refractivity contribution in [1.29, 1.82) is 0 Å². The van der Waals surface area contributed by atoms with Crippen LogP contribution >= 0.6 is 33.9 Å². The zero-order chi connectivity index (χ0) is 13.1. The highest BCUT2D eigenvalue weighted by atomic mass is 127. The SMILES string of the molecule is Cc1nc(NC(=O)Nc2ccccc2I)sc1C. The van der Waals surface area contributed by atoms with Crippen LogP contribution < -0.4 is 10.6 Å². The van der Waals surface area contributed by atoms with E-state index in [9.17, 15) is 4.79 Å². The molecule has 0 spiro atoms. The van der Waals surface area contributed by atoms with Gasteiger partial charge < -0.3 is 5.32 Å². The molecule has 2 rings (SSSR count). The third kappa shape index (κ3) is 3.20. The maximum absolute atomic E-state index is 11.8. The minimum atomic E-state index is -0.270. The Kier molecular flexibility index (Phi) is 4.18. The van der Waals surface area contributed by atoms with Crippen LogP contribution in [0.15, 0.2) is 24.3 Å². The van der Waals surface area contributed by atoms with Crippen LogP contribution in [-0.2, 0) is 0 Å². The fourth-order valence-corrected chi connectivity index (χ4v) is 2.67. The molecule has 0 radical (unpaired) electrons. The number of thiazole rings is 1. The van der Waals surface area contributed by atoms with E-state index in [0.717, 1.165) is 19.8 Å². The topological polar surface area (TPSA) is 54.0 Å². The standard InChI is InChI=1S/C12H12IN3OS/c1-7-8(2)18-12(14-7)16-11(17)15-10-6-4-3-5-9(10)13/h3-6H,1-2H3,(H2,14,15,16,17). The molecule has 0 fully saturated rings. The predicted octanol–water partition coefficient (Wildman–Crippen LogP) is 4.01. The van der Waals surface area contributed by atoms with Gasteiger partial charge in [0.05, 0.1) is 11.4 Å². The van der Waals surface area contributed by atoms with Gasteiger partial charge in [-0.05, 0) is 48.6 Å². The largest absolute Gasteiger partial charge is 0.325 e. The summed E-state index contributed by atoms with van der Waals surface area (Å²) in [7, 11) is 0. The van der Waals surface area contributed by atoms with Gasteiger partial charge in [-0.3, -0.25) is 5.32 Å². The van der Waals surface area contributed by atoms with Crippen LogP contribution in [0.5, 0.6) is 0 Å². The van der Waals surface area contributed by atoms with Gasteiger partial charge in [0, 0.05) is 8.45 Å². The summed E-state index contributed by atoms with van der Waals surface area (Å²) in [6.07, 6.45) is 0. The zero-order valence-corrected chi connectivity index (χ0v) is 12.9. The van der Waals surface area contributed by atoms with Gasteiger partial charge in [-0.15, -0.1) is 11.3 Å². The van der Waals surface area contributed by atoms with E-state index in [2.05, 4.69) is 38.2 Å². The van der Waals surface area contributed by atoms with Crippen molar-refractivity contribution < 1.29 is 4.79 Å². The third-order valence-electron chi connectivity index (χ3n) is 2.37. The first kappa shape index (κ1) is 13.3. The Hall–Kier alpha value is -1.15. The minimum Gasteiger partial charge on any atom is -0.307 e. The number of aryl methyl sites for hydroxylation is 2. The number of carbonyl (C=O) groups is 1. The first-order valence-electron chi connectivity index (χ1n) is 5.33. The predicted molar refractivity (Wildman–Crippen MR) is 83.4 cm³/mol. The van der Waals surface area contributed by atoms with Crippen molar-refractivity contribution in [2.45, 2.75) is 13.8 Å². The molecule has 94 valence electrons. The van der Waals surface area contributed by atoms with Crippen LogP contribution in [0, 0.1) is 17.4 Å². The number of hydrogen-bond acceptors (Lipinski definition) is 3. The van der Waals surface area contributed by atoms with E-state index in [4.69, 9.17) is 0 Å². The van der Waals surface area contributed by atoms with E-state index in [1.54, 1.807) is 0 Å². The molecule has 6 heteroatoms. The number of amides is 2. The van der Waals surface area contributed by atoms with Gasteiger partial charge in [0.2, 0.25) is 0 Å². The average molecular weight is 373 g/mol. The molecular formula is C12H12IN3OS. The summed E-state index contributed by atoms with van der Waals surface area (Å²) in [5.74, 6) is 0. The lowest BCUT2D eigenvalue weighted by atomic mass is 10.3. The summed E-state index contributed by atoms with van der Waals surface area (Å²) in [4.78, 5) is 17.2. The third-order valence-corrected chi connectivity index (χ3v) is 4.30. The summed E-state index contributed by atoms with van der Waals surface area (Å²) in [6, 6.07) is 7.34. The molecule has 2 aromatic rings. The number of rotatable bonds is 2. The molecule has 0 saturated carbocycles. The second-order valence-corrected chi connectivity index (χ2v) is 6.08. The first-order valence-corrected chi connectivity index (χ1v) is 7.22. The molecule has 1 aromatic heterocycles. The summed E-state index contributed by atoms with van der Waals surface area (Å²) in [5, 5.41) is 6.15. The summed E-state index contributed by atoms with van der Waals surface area (Å²) in [6.45, 7) is 3.91. The normalized spacial score (nSPS) is 10.2. The Morgan fingerprint density at radius 3 is 2.61 bits per heavy atom. The van der Waals surface area contributed by atoms with Crippen LogP contribution in [-0.4, -0.2) is 11.0 Å². The number of urea groups is 1. The van der Waals surface area contributed by atoms with Crippen molar-refractivity contribution >= 4 is 50.8 Å². The monoisotopic (exact) mass is 373 g/mol. The maximum Gasteiger partial charge on any atom is 0.325 e. The highest BCUT2D eigenvalue weighted by Crippen LogP contribution is 2.22. The summed E-state index contributed by atoms with van der Waals surface area (Å²) >= 11 is 3.65. The molecule has 4 nitrogen and oxygen atoms in total. The van der Waals surface area contributed by atoms with E-state index in [1.807, 2.05) is 38.1 Å². The molecule has 1 aromatic carbocycles. The Labute approximate surface area is 123 Å². The Balaban J connectivity index is 2.03. The molecule has 2 amide bonds. The van der Waals surface area contributed by atoms with Crippen molar-refractivity contribution in [3.63, 3.8) is 0 Å². The van der Waals surface area contributed by atoms with E-state index >= 15 is 0 Å². The molecule has 0 unspecified atom stereocenters. The number of benzene rings is 1. The quantitative estimate of drug-likeness (QED) is 0.782. The van der Waals surface area contributed by atoms with Gasteiger partial charge in [0.1, 0.15) is 0 Å². The molecule has 1 heterocycles. The van der Waals surface area contributed by atoms with Gasteiger partial charge in [-0.25, -0.2) is 9.78 Å². The van der Waals surface area contributed by atoms with E-state index in [1.165, 1.54) is 11.3 Å². The molecule has 0 atom stereocenters. The number of para-hydroxylation sites is 1. The fourth-order valence-electron chi connectivity index (χ4n) is 1.34. The minimum absolute atomic E-state index is 0.270. The van der Waals surface area contributed by atoms with Crippen molar-refractivity contribution in [2.24, 2.45) is 0 Å². The number of hydrogen-bond donors (Lipinski definition) is 2. The molecule has 0 aliphatic carbocycles. The Morgan fingerprint density at radius 2 is 2.00 bits per heavy atom. The van der Waals surface area contributed by atoms with Crippen LogP contribution in [0.4, 0.5) is 15.6 Å². The smallest absolute Gasteiger partial charge is 0.307 e. The lowest BCUT2D eigenvalue weighted by Crippen LogP contribution is -2.19. The fraction of sp³-hybridized carbons (Fsp3) is 0.167. The second kappa shape index (κ2) is 5.66. The van der Waals surface area contributed by atoms with Crippen molar-refractivity contribution in [3.8, 4) is 0 Å². The molecule has 18 heavy (non-hydrogen) atoms. The van der Waals surface area contributed by atoms with Crippen LogP contribution in [0.25, 0.3) is 0 Å². The van der Waals surface area contributed by atoms with Gasteiger partial charge in [0.15, 0.2) is 5.13 Å². The average Bonchev–Trinajstić information content (AvgIpc) is 2.61. The van der Waals surface area contributed by atoms with E-state index in [-0.39, 0.29) is 6.03 Å². The van der Waals surface area contributed by atoms with Crippen LogP contribution in [0.3, 0.4) is 0 Å². The number of halogens is 1. The van der Waals surface area contributed by atoms with Crippen molar-refractivity contribution in [3.05, 3.63) is 38.4 Å². The molecule has 0 saturated heterocycles. The van der Waals surface area contributed by atoms with Gasteiger partial charge in [0.25, 0.3) is 0 Å². The van der Waals surface area contributed by atoms with E-state index in [0.29, 0.717) is 5.13 Å². The second-order valence-electron chi connectivity index (χ2n) is 3.72. The van der Waals surface area contributed by atoms with Crippen molar-refractivity contribution in [1.82, 2.24) is 4.98 Å². The van der Waals surface area contributed by atoms with Crippen LogP contribution in [0.2, 0.25) is 0 Å². The molecule has 0 bridgehead atoms. The zero-order valence-electron chi connectivity index (χ0n) is 9.95. The molecule has 0 aliphatic rings. The molecular weight excluding hydrogens is 361 g/mol. The van der Waals surface area contributed by atoms with Crippen molar-refractivity contribution in [2.75, 3.05) is 10.6 Å².